The summed E-state index contributed by atoms with van der Waals surface area (Å²) in [5.74, 6) is -0.897. The van der Waals surface area contributed by atoms with Crippen LogP contribution in [0.1, 0.15) is 13.3 Å². The first-order valence-corrected chi connectivity index (χ1v) is 4.73. The minimum atomic E-state index is -0.641. The first-order valence-electron chi connectivity index (χ1n) is 4.73. The Bertz CT molecular complexity index is 401. The summed E-state index contributed by atoms with van der Waals surface area (Å²) >= 11 is 0. The normalized spacial score (nSPS) is 9.31. The number of para-hydroxylation sites is 1. The topological polar surface area (TPSA) is 75.3 Å². The van der Waals surface area contributed by atoms with Crippen molar-refractivity contribution in [3.63, 3.8) is 0 Å². The maximum Gasteiger partial charge on any atom is 0.325 e. The number of imide groups is 1. The molecule has 1 aromatic carbocycles. The molecule has 0 aromatic heterocycles. The van der Waals surface area contributed by atoms with Crippen LogP contribution in [0.5, 0.6) is 0 Å². The highest BCUT2D eigenvalue weighted by atomic mass is 16.2. The molecule has 3 amide bonds. The Kier molecular flexibility index (Phi) is 4.20. The molecule has 1 rings (SSSR count). The first kappa shape index (κ1) is 11.9. The minimum absolute atomic E-state index is 0.287. The van der Waals surface area contributed by atoms with Crippen LogP contribution in [0.4, 0.5) is 10.5 Å². The monoisotopic (exact) mass is 220 g/mol. The van der Waals surface area contributed by atoms with Crippen LogP contribution in [0.3, 0.4) is 0 Å². The minimum Gasteiger partial charge on any atom is -0.308 e. The van der Waals surface area contributed by atoms with Crippen LogP contribution >= 0.6 is 0 Å². The van der Waals surface area contributed by atoms with E-state index < -0.39 is 11.9 Å². The predicted octanol–water partition coefficient (Wildman–Crippen LogP) is 1.31. The lowest BCUT2D eigenvalue weighted by atomic mass is 10.3. The largest absolute Gasteiger partial charge is 0.325 e. The number of urea groups is 1. The summed E-state index contributed by atoms with van der Waals surface area (Å²) in [5, 5.41) is 4.51. The maximum absolute atomic E-state index is 11.3. The van der Waals surface area contributed by atoms with Gasteiger partial charge in [0.25, 0.3) is 0 Å². The second kappa shape index (κ2) is 5.65. The molecule has 0 bridgehead atoms. The molecule has 0 aliphatic heterocycles. The Labute approximate surface area is 92.8 Å². The molecule has 0 heterocycles. The molecule has 16 heavy (non-hydrogen) atoms. The van der Waals surface area contributed by atoms with Gasteiger partial charge < -0.3 is 5.32 Å². The van der Waals surface area contributed by atoms with Gasteiger partial charge in [0.15, 0.2) is 0 Å². The molecular formula is C11H12N2O3. The molecule has 0 spiro atoms. The third kappa shape index (κ3) is 4.36. The number of carbonyl (C=O) groups excluding carboxylic acids is 3. The van der Waals surface area contributed by atoms with Crippen LogP contribution in [-0.4, -0.2) is 17.7 Å². The molecule has 0 saturated carbocycles. The van der Waals surface area contributed by atoms with Crippen molar-refractivity contribution in [2.24, 2.45) is 0 Å². The molecule has 0 atom stereocenters. The van der Waals surface area contributed by atoms with Crippen molar-refractivity contribution in [1.82, 2.24) is 5.32 Å². The van der Waals surface area contributed by atoms with Gasteiger partial charge in [0.2, 0.25) is 5.91 Å². The van der Waals surface area contributed by atoms with Crippen LogP contribution in [0.2, 0.25) is 0 Å². The standard InChI is InChI=1S/C11H12N2O3/c1-8(14)7-10(15)13-11(16)12-9-5-3-2-4-6-9/h2-6H,7H2,1H3,(H2,12,13,15,16). The SMILES string of the molecule is CC(=O)CC(=O)NC(=O)Nc1ccccc1. The number of hydrogen-bond donors (Lipinski definition) is 2. The highest BCUT2D eigenvalue weighted by molar-refractivity contribution is 6.06. The molecule has 2 N–H and O–H groups in total. The number of carbonyl (C=O) groups is 3. The third-order valence-corrected chi connectivity index (χ3v) is 1.69. The molecular weight excluding hydrogens is 208 g/mol. The lowest BCUT2D eigenvalue weighted by Gasteiger charge is -2.05. The van der Waals surface area contributed by atoms with E-state index in [0.717, 1.165) is 0 Å². The molecule has 0 aliphatic rings. The van der Waals surface area contributed by atoms with Crippen LogP contribution in [0.25, 0.3) is 0 Å². The molecule has 0 saturated heterocycles. The van der Waals surface area contributed by atoms with Crippen molar-refractivity contribution < 1.29 is 14.4 Å². The van der Waals surface area contributed by atoms with E-state index in [1.165, 1.54) is 6.92 Å². The van der Waals surface area contributed by atoms with E-state index in [1.54, 1.807) is 24.3 Å². The lowest BCUT2D eigenvalue weighted by molar-refractivity contribution is -0.126. The van der Waals surface area contributed by atoms with Gasteiger partial charge in [-0.05, 0) is 19.1 Å². The van der Waals surface area contributed by atoms with E-state index in [0.29, 0.717) is 5.69 Å². The summed E-state index contributed by atoms with van der Waals surface area (Å²) in [6.07, 6.45) is -0.289. The smallest absolute Gasteiger partial charge is 0.308 e. The van der Waals surface area contributed by atoms with Crippen LogP contribution in [0, 0.1) is 0 Å². The second-order valence-corrected chi connectivity index (χ2v) is 3.25. The number of anilines is 1. The van der Waals surface area contributed by atoms with Gasteiger partial charge in [-0.2, -0.15) is 0 Å². The molecule has 0 unspecified atom stereocenters. The van der Waals surface area contributed by atoms with Crippen molar-refractivity contribution >= 4 is 23.4 Å². The Morgan fingerprint density at radius 2 is 1.75 bits per heavy atom. The highest BCUT2D eigenvalue weighted by Gasteiger charge is 2.09. The van der Waals surface area contributed by atoms with Crippen LogP contribution in [-0.2, 0) is 9.59 Å². The van der Waals surface area contributed by atoms with Crippen molar-refractivity contribution in [2.75, 3.05) is 5.32 Å². The fourth-order valence-corrected chi connectivity index (χ4v) is 1.08. The predicted molar refractivity (Wildman–Crippen MR) is 58.9 cm³/mol. The first-order chi connectivity index (χ1) is 7.58. The van der Waals surface area contributed by atoms with Gasteiger partial charge in [0, 0.05) is 5.69 Å². The van der Waals surface area contributed by atoms with Gasteiger partial charge in [-0.3, -0.25) is 14.9 Å². The van der Waals surface area contributed by atoms with Gasteiger partial charge in [0.1, 0.15) is 5.78 Å². The fraction of sp³-hybridized carbons (Fsp3) is 0.182. The number of Topliss-reactive ketones (excluding diaryl/α,β-unsaturated/α-hetero) is 1. The van der Waals surface area contributed by atoms with Gasteiger partial charge in [-0.15, -0.1) is 0 Å². The number of benzene rings is 1. The fourth-order valence-electron chi connectivity index (χ4n) is 1.08. The van der Waals surface area contributed by atoms with Crippen molar-refractivity contribution in [3.05, 3.63) is 30.3 Å². The van der Waals surface area contributed by atoms with E-state index in [2.05, 4.69) is 5.32 Å². The van der Waals surface area contributed by atoms with Gasteiger partial charge in [-0.25, -0.2) is 4.79 Å². The molecule has 0 radical (unpaired) electrons. The summed E-state index contributed by atoms with van der Waals surface area (Å²) < 4.78 is 0. The zero-order valence-electron chi connectivity index (χ0n) is 8.82. The molecule has 1 aromatic rings. The van der Waals surface area contributed by atoms with Crippen LogP contribution in [0.15, 0.2) is 30.3 Å². The number of ketones is 1. The van der Waals surface area contributed by atoms with Gasteiger partial charge in [-0.1, -0.05) is 18.2 Å². The second-order valence-electron chi connectivity index (χ2n) is 3.25. The Morgan fingerprint density at radius 3 is 2.31 bits per heavy atom. The number of nitrogens with one attached hydrogen (secondary N) is 2. The summed E-state index contributed by atoms with van der Waals surface area (Å²) in [6, 6.07) is 8.06. The Balaban J connectivity index is 2.42. The summed E-state index contributed by atoms with van der Waals surface area (Å²) in [4.78, 5) is 32.9. The van der Waals surface area contributed by atoms with Gasteiger partial charge in [0.05, 0.1) is 6.42 Å². The van der Waals surface area contributed by atoms with Crippen molar-refractivity contribution in [1.29, 1.82) is 0 Å². The molecule has 5 nitrogen and oxygen atoms in total. The molecule has 0 fully saturated rings. The average Bonchev–Trinajstić information content (AvgIpc) is 2.17. The van der Waals surface area contributed by atoms with Crippen molar-refractivity contribution in [3.8, 4) is 0 Å². The summed E-state index contributed by atoms with van der Waals surface area (Å²) in [5.41, 5.74) is 0.579. The van der Waals surface area contributed by atoms with E-state index in [1.807, 2.05) is 11.4 Å². The quantitative estimate of drug-likeness (QED) is 0.754. The van der Waals surface area contributed by atoms with Crippen molar-refractivity contribution in [2.45, 2.75) is 13.3 Å². The summed E-state index contributed by atoms with van der Waals surface area (Å²) in [7, 11) is 0. The van der Waals surface area contributed by atoms with Gasteiger partial charge >= 0.3 is 6.03 Å². The van der Waals surface area contributed by atoms with E-state index >= 15 is 0 Å². The lowest BCUT2D eigenvalue weighted by Crippen LogP contribution is -2.35. The molecule has 84 valence electrons. The number of hydrogen-bond acceptors (Lipinski definition) is 3. The van der Waals surface area contributed by atoms with E-state index in [9.17, 15) is 14.4 Å². The zero-order valence-corrected chi connectivity index (χ0v) is 8.82. The zero-order chi connectivity index (χ0) is 12.0. The van der Waals surface area contributed by atoms with E-state index in [-0.39, 0.29) is 12.2 Å². The number of amides is 3. The van der Waals surface area contributed by atoms with E-state index in [4.69, 9.17) is 0 Å². The number of rotatable bonds is 3. The average molecular weight is 220 g/mol. The molecule has 0 aliphatic carbocycles. The van der Waals surface area contributed by atoms with Crippen LogP contribution < -0.4 is 10.6 Å². The third-order valence-electron chi connectivity index (χ3n) is 1.69. The maximum atomic E-state index is 11.3. The highest BCUT2D eigenvalue weighted by Crippen LogP contribution is 2.03. The molecule has 5 heteroatoms. The summed E-state index contributed by atoms with van der Waals surface area (Å²) in [6.45, 7) is 1.29. The Hall–Kier alpha value is -2.17. The Morgan fingerprint density at radius 1 is 1.12 bits per heavy atom.